The molecule has 1 nitrogen and oxygen atoms in total. The van der Waals surface area contributed by atoms with Gasteiger partial charge in [0, 0.05) is 11.6 Å². The van der Waals surface area contributed by atoms with Crippen LogP contribution in [0.1, 0.15) is 62.5 Å². The number of rotatable bonds is 4. The zero-order valence-corrected chi connectivity index (χ0v) is 12.3. The van der Waals surface area contributed by atoms with Gasteiger partial charge in [-0.05, 0) is 61.3 Å². The summed E-state index contributed by atoms with van der Waals surface area (Å²) in [6, 6.07) is 6.74. The van der Waals surface area contributed by atoms with Gasteiger partial charge >= 0.3 is 0 Å². The number of hydrogen-bond acceptors (Lipinski definition) is 1. The highest BCUT2D eigenvalue weighted by Gasteiger charge is 2.17. The summed E-state index contributed by atoms with van der Waals surface area (Å²) in [5.74, 6) is 1.25. The number of nitrogens with one attached hydrogen (secondary N) is 1. The van der Waals surface area contributed by atoms with Crippen molar-refractivity contribution in [2.24, 2.45) is 0 Å². The summed E-state index contributed by atoms with van der Waals surface area (Å²) in [4.78, 5) is 0. The predicted molar refractivity (Wildman–Crippen MR) is 79.6 cm³/mol. The van der Waals surface area contributed by atoms with E-state index >= 15 is 0 Å². The van der Waals surface area contributed by atoms with Crippen molar-refractivity contribution in [2.45, 2.75) is 51.4 Å². The monoisotopic (exact) mass is 265 g/mol. The van der Waals surface area contributed by atoms with Gasteiger partial charge in [-0.25, -0.2) is 0 Å². The van der Waals surface area contributed by atoms with Gasteiger partial charge in [0.1, 0.15) is 0 Å². The molecule has 1 aliphatic rings. The molecule has 18 heavy (non-hydrogen) atoms. The van der Waals surface area contributed by atoms with E-state index in [2.05, 4.69) is 37.4 Å². The summed E-state index contributed by atoms with van der Waals surface area (Å²) in [6.45, 7) is 6.74. The molecule has 1 aliphatic heterocycles. The fraction of sp³-hybridized carbons (Fsp3) is 0.625. The molecule has 0 aliphatic carbocycles. The van der Waals surface area contributed by atoms with Crippen molar-refractivity contribution in [1.29, 1.82) is 0 Å². The van der Waals surface area contributed by atoms with Crippen LogP contribution in [0.25, 0.3) is 0 Å². The molecule has 0 saturated carbocycles. The smallest absolute Gasteiger partial charge is 0.0443 e. The summed E-state index contributed by atoms with van der Waals surface area (Å²) in [5, 5.41) is 4.43. The van der Waals surface area contributed by atoms with Gasteiger partial charge in [0.15, 0.2) is 0 Å². The molecule has 0 amide bonds. The average Bonchev–Trinajstić information content (AvgIpc) is 2.43. The van der Waals surface area contributed by atoms with E-state index in [1.54, 1.807) is 0 Å². The van der Waals surface area contributed by atoms with E-state index < -0.39 is 0 Å². The zero-order valence-electron chi connectivity index (χ0n) is 11.5. The predicted octanol–water partition coefficient (Wildman–Crippen LogP) is 4.71. The molecule has 1 aromatic rings. The third kappa shape index (κ3) is 3.07. The highest BCUT2D eigenvalue weighted by atomic mass is 35.5. The van der Waals surface area contributed by atoms with E-state index in [1.807, 2.05) is 0 Å². The van der Waals surface area contributed by atoms with Crippen LogP contribution in [0.15, 0.2) is 18.2 Å². The molecule has 0 radical (unpaired) electrons. The van der Waals surface area contributed by atoms with Gasteiger partial charge in [0.05, 0.1) is 0 Å². The second kappa shape index (κ2) is 6.58. The molecule has 1 unspecified atom stereocenters. The number of hydrogen-bond donors (Lipinski definition) is 1. The van der Waals surface area contributed by atoms with Crippen LogP contribution in [0.5, 0.6) is 0 Å². The molecule has 100 valence electrons. The Kier molecular flexibility index (Phi) is 5.08. The quantitative estimate of drug-likeness (QED) is 0.831. The van der Waals surface area contributed by atoms with Crippen LogP contribution in [0, 0.1) is 0 Å². The van der Waals surface area contributed by atoms with E-state index in [4.69, 9.17) is 11.6 Å². The molecule has 1 saturated heterocycles. The van der Waals surface area contributed by atoms with Crippen molar-refractivity contribution in [1.82, 2.24) is 5.32 Å². The van der Waals surface area contributed by atoms with Crippen molar-refractivity contribution in [2.75, 3.05) is 13.1 Å². The maximum Gasteiger partial charge on any atom is 0.0443 e. The van der Waals surface area contributed by atoms with Crippen LogP contribution in [-0.4, -0.2) is 13.1 Å². The molecule has 0 bridgehead atoms. The second-order valence-electron chi connectivity index (χ2n) is 5.34. The Balaban J connectivity index is 2.18. The molecule has 1 heterocycles. The number of piperidine rings is 1. The average molecular weight is 266 g/mol. The van der Waals surface area contributed by atoms with Crippen LogP contribution in [0.3, 0.4) is 0 Å². The van der Waals surface area contributed by atoms with Crippen LogP contribution < -0.4 is 5.32 Å². The molecular formula is C16H24ClN. The van der Waals surface area contributed by atoms with Crippen LogP contribution in [-0.2, 0) is 0 Å². The largest absolute Gasteiger partial charge is 0.316 e. The second-order valence-corrected chi connectivity index (χ2v) is 5.74. The fourth-order valence-electron chi connectivity index (χ4n) is 2.99. The summed E-state index contributed by atoms with van der Waals surface area (Å²) in [7, 11) is 0. The Bertz CT molecular complexity index is 379. The van der Waals surface area contributed by atoms with Gasteiger partial charge in [-0.1, -0.05) is 37.6 Å². The molecule has 1 aromatic carbocycles. The first-order valence-electron chi connectivity index (χ1n) is 7.26. The van der Waals surface area contributed by atoms with E-state index in [-0.39, 0.29) is 0 Å². The third-order valence-corrected chi connectivity index (χ3v) is 4.55. The van der Waals surface area contributed by atoms with Gasteiger partial charge < -0.3 is 5.32 Å². The molecule has 2 rings (SSSR count). The Morgan fingerprint density at radius 3 is 2.67 bits per heavy atom. The van der Waals surface area contributed by atoms with Crippen LogP contribution in [0.4, 0.5) is 0 Å². The van der Waals surface area contributed by atoms with Gasteiger partial charge in [-0.3, -0.25) is 0 Å². The molecule has 1 atom stereocenters. The van der Waals surface area contributed by atoms with Gasteiger partial charge in [-0.2, -0.15) is 0 Å². The van der Waals surface area contributed by atoms with Crippen LogP contribution in [0.2, 0.25) is 5.02 Å². The first-order chi connectivity index (χ1) is 8.76. The molecule has 1 fully saturated rings. The maximum absolute atomic E-state index is 6.48. The number of halogens is 1. The Hall–Kier alpha value is -0.530. The SMILES string of the molecule is CCC(CC)c1ccc(C2CCCNC2)cc1Cl. The lowest BCUT2D eigenvalue weighted by atomic mass is 9.88. The topological polar surface area (TPSA) is 12.0 Å². The minimum absolute atomic E-state index is 0.607. The van der Waals surface area contributed by atoms with E-state index in [1.165, 1.54) is 36.8 Å². The van der Waals surface area contributed by atoms with Crippen molar-refractivity contribution < 1.29 is 0 Å². The highest BCUT2D eigenvalue weighted by molar-refractivity contribution is 6.31. The molecule has 2 heteroatoms. The van der Waals surface area contributed by atoms with Gasteiger partial charge in [0.25, 0.3) is 0 Å². The Labute approximate surface area is 116 Å². The highest BCUT2D eigenvalue weighted by Crippen LogP contribution is 2.33. The third-order valence-electron chi connectivity index (χ3n) is 4.22. The molecular weight excluding hydrogens is 242 g/mol. The summed E-state index contributed by atoms with van der Waals surface area (Å²) in [6.07, 6.45) is 4.89. The molecule has 0 aromatic heterocycles. The molecule has 0 spiro atoms. The molecule has 1 N–H and O–H groups in total. The Morgan fingerprint density at radius 2 is 2.11 bits per heavy atom. The first kappa shape index (κ1) is 13.9. The van der Waals surface area contributed by atoms with E-state index in [9.17, 15) is 0 Å². The lowest BCUT2D eigenvalue weighted by Gasteiger charge is -2.24. The lowest BCUT2D eigenvalue weighted by Crippen LogP contribution is -2.28. The van der Waals surface area contributed by atoms with Crippen molar-refractivity contribution in [3.63, 3.8) is 0 Å². The van der Waals surface area contributed by atoms with E-state index in [0.717, 1.165) is 18.1 Å². The standard InChI is InChI=1S/C16H24ClN/c1-3-12(4-2)15-8-7-13(10-16(15)17)14-6-5-9-18-11-14/h7-8,10,12,14,18H,3-6,9,11H2,1-2H3. The summed E-state index contributed by atoms with van der Waals surface area (Å²) in [5.41, 5.74) is 2.73. The number of benzene rings is 1. The van der Waals surface area contributed by atoms with Gasteiger partial charge in [-0.15, -0.1) is 0 Å². The zero-order chi connectivity index (χ0) is 13.0. The maximum atomic E-state index is 6.48. The summed E-state index contributed by atoms with van der Waals surface area (Å²) < 4.78 is 0. The van der Waals surface area contributed by atoms with Gasteiger partial charge in [0.2, 0.25) is 0 Å². The first-order valence-corrected chi connectivity index (χ1v) is 7.64. The minimum Gasteiger partial charge on any atom is -0.316 e. The lowest BCUT2D eigenvalue weighted by molar-refractivity contribution is 0.461. The fourth-order valence-corrected chi connectivity index (χ4v) is 3.34. The van der Waals surface area contributed by atoms with Crippen molar-refractivity contribution in [3.8, 4) is 0 Å². The van der Waals surface area contributed by atoms with E-state index in [0.29, 0.717) is 11.8 Å². The van der Waals surface area contributed by atoms with Crippen molar-refractivity contribution in [3.05, 3.63) is 34.3 Å². The normalized spacial score (nSPS) is 20.3. The Morgan fingerprint density at radius 1 is 1.33 bits per heavy atom. The minimum atomic E-state index is 0.607. The van der Waals surface area contributed by atoms with Crippen LogP contribution >= 0.6 is 11.6 Å². The van der Waals surface area contributed by atoms with Crippen molar-refractivity contribution >= 4 is 11.6 Å². The summed E-state index contributed by atoms with van der Waals surface area (Å²) >= 11 is 6.48.